The minimum atomic E-state index is 0.462. The highest BCUT2D eigenvalue weighted by atomic mass is 15.0. The number of nitrogens with one attached hydrogen (secondary N) is 1. The van der Waals surface area contributed by atoms with Crippen LogP contribution in [0.15, 0.2) is 18.3 Å². The van der Waals surface area contributed by atoms with Gasteiger partial charge in [-0.3, -0.25) is 0 Å². The largest absolute Gasteiger partial charge is 0.397 e. The highest BCUT2D eigenvalue weighted by molar-refractivity contribution is 5.44. The molecule has 1 aromatic heterocycles. The monoisotopic (exact) mass is 207 g/mol. The molecule has 0 aromatic carbocycles. The summed E-state index contributed by atoms with van der Waals surface area (Å²) in [5.41, 5.74) is 6.27. The van der Waals surface area contributed by atoms with Gasteiger partial charge in [0, 0.05) is 6.04 Å². The van der Waals surface area contributed by atoms with Gasteiger partial charge in [0.05, 0.1) is 11.9 Å². The molecule has 0 aliphatic heterocycles. The molecule has 0 spiro atoms. The quantitative estimate of drug-likeness (QED) is 0.780. The van der Waals surface area contributed by atoms with Crippen LogP contribution >= 0.6 is 0 Å². The van der Waals surface area contributed by atoms with Gasteiger partial charge in [-0.15, -0.1) is 0 Å². The first-order chi connectivity index (χ1) is 7.08. The van der Waals surface area contributed by atoms with Gasteiger partial charge in [-0.25, -0.2) is 4.98 Å². The van der Waals surface area contributed by atoms with Crippen molar-refractivity contribution in [3.05, 3.63) is 18.3 Å². The van der Waals surface area contributed by atoms with Crippen molar-refractivity contribution in [1.29, 1.82) is 0 Å². The zero-order valence-corrected chi connectivity index (χ0v) is 9.83. The van der Waals surface area contributed by atoms with Crippen LogP contribution in [0.1, 0.15) is 33.6 Å². The van der Waals surface area contributed by atoms with Crippen LogP contribution in [0.25, 0.3) is 0 Å². The Balaban J connectivity index is 2.37. The summed E-state index contributed by atoms with van der Waals surface area (Å²) in [6, 6.07) is 4.25. The van der Waals surface area contributed by atoms with Crippen LogP contribution in [0.3, 0.4) is 0 Å². The second-order valence-corrected chi connectivity index (χ2v) is 4.49. The predicted molar refractivity (Wildman–Crippen MR) is 65.8 cm³/mol. The molecule has 3 N–H and O–H groups in total. The van der Waals surface area contributed by atoms with Crippen LogP contribution < -0.4 is 11.1 Å². The standard InChI is InChI=1S/C12H21N3/c1-9(2)4-5-10(3)15-12-7-6-11(13)8-14-12/h6-10H,4-5,13H2,1-3H3,(H,14,15). The summed E-state index contributed by atoms with van der Waals surface area (Å²) in [7, 11) is 0. The number of anilines is 2. The summed E-state index contributed by atoms with van der Waals surface area (Å²) in [5, 5.41) is 3.36. The van der Waals surface area contributed by atoms with E-state index in [1.807, 2.05) is 12.1 Å². The van der Waals surface area contributed by atoms with E-state index in [4.69, 9.17) is 5.73 Å². The van der Waals surface area contributed by atoms with Crippen LogP contribution in [-0.4, -0.2) is 11.0 Å². The first-order valence-corrected chi connectivity index (χ1v) is 5.56. The Kier molecular flexibility index (Phi) is 4.40. The van der Waals surface area contributed by atoms with Gasteiger partial charge >= 0.3 is 0 Å². The molecule has 0 saturated heterocycles. The van der Waals surface area contributed by atoms with Crippen LogP contribution in [0.4, 0.5) is 11.5 Å². The van der Waals surface area contributed by atoms with Gasteiger partial charge in [-0.2, -0.15) is 0 Å². The lowest BCUT2D eigenvalue weighted by Gasteiger charge is -2.15. The first kappa shape index (κ1) is 11.8. The van der Waals surface area contributed by atoms with Crippen molar-refractivity contribution in [2.45, 2.75) is 39.7 Å². The fourth-order valence-electron chi connectivity index (χ4n) is 1.40. The molecule has 3 heteroatoms. The van der Waals surface area contributed by atoms with Gasteiger partial charge in [0.15, 0.2) is 0 Å². The van der Waals surface area contributed by atoms with E-state index >= 15 is 0 Å². The Morgan fingerprint density at radius 2 is 2.00 bits per heavy atom. The molecule has 0 radical (unpaired) electrons. The number of pyridine rings is 1. The highest BCUT2D eigenvalue weighted by Crippen LogP contribution is 2.12. The van der Waals surface area contributed by atoms with Crippen molar-refractivity contribution in [3.63, 3.8) is 0 Å². The van der Waals surface area contributed by atoms with Gasteiger partial charge in [0.1, 0.15) is 5.82 Å². The minimum absolute atomic E-state index is 0.462. The molecule has 0 aliphatic carbocycles. The van der Waals surface area contributed by atoms with Crippen molar-refractivity contribution >= 4 is 11.5 Å². The average Bonchev–Trinajstić information content (AvgIpc) is 2.19. The summed E-state index contributed by atoms with van der Waals surface area (Å²) in [6.07, 6.45) is 4.09. The Morgan fingerprint density at radius 1 is 1.27 bits per heavy atom. The van der Waals surface area contributed by atoms with E-state index in [0.717, 1.165) is 11.7 Å². The van der Waals surface area contributed by atoms with E-state index in [-0.39, 0.29) is 0 Å². The van der Waals surface area contributed by atoms with Gasteiger partial charge in [-0.05, 0) is 37.8 Å². The van der Waals surface area contributed by atoms with Crippen molar-refractivity contribution < 1.29 is 0 Å². The zero-order valence-electron chi connectivity index (χ0n) is 9.83. The maximum Gasteiger partial charge on any atom is 0.126 e. The molecule has 15 heavy (non-hydrogen) atoms. The van der Waals surface area contributed by atoms with Crippen LogP contribution in [0.2, 0.25) is 0 Å². The van der Waals surface area contributed by atoms with E-state index < -0.39 is 0 Å². The second-order valence-electron chi connectivity index (χ2n) is 4.49. The summed E-state index contributed by atoms with van der Waals surface area (Å²) < 4.78 is 0. The van der Waals surface area contributed by atoms with Gasteiger partial charge in [0.25, 0.3) is 0 Å². The molecule has 0 aliphatic rings. The lowest BCUT2D eigenvalue weighted by Crippen LogP contribution is -2.16. The predicted octanol–water partition coefficient (Wildman–Crippen LogP) is 2.90. The molecule has 0 fully saturated rings. The maximum absolute atomic E-state index is 5.57. The number of rotatable bonds is 5. The number of hydrogen-bond donors (Lipinski definition) is 2. The SMILES string of the molecule is CC(C)CCC(C)Nc1ccc(N)cn1. The lowest BCUT2D eigenvalue weighted by molar-refractivity contribution is 0.527. The van der Waals surface area contributed by atoms with Crippen molar-refractivity contribution in [3.8, 4) is 0 Å². The summed E-state index contributed by atoms with van der Waals surface area (Å²) in [4.78, 5) is 4.21. The molecule has 1 unspecified atom stereocenters. The normalized spacial score (nSPS) is 12.8. The van der Waals surface area contributed by atoms with Crippen LogP contribution in [0, 0.1) is 5.92 Å². The Morgan fingerprint density at radius 3 is 2.53 bits per heavy atom. The molecule has 0 bridgehead atoms. The number of hydrogen-bond acceptors (Lipinski definition) is 3. The first-order valence-electron chi connectivity index (χ1n) is 5.56. The van der Waals surface area contributed by atoms with E-state index in [1.165, 1.54) is 12.8 Å². The van der Waals surface area contributed by atoms with Gasteiger partial charge < -0.3 is 11.1 Å². The maximum atomic E-state index is 5.57. The molecule has 3 nitrogen and oxygen atoms in total. The van der Waals surface area contributed by atoms with Gasteiger partial charge in [-0.1, -0.05) is 13.8 Å². The summed E-state index contributed by atoms with van der Waals surface area (Å²) >= 11 is 0. The Bertz CT molecular complexity index is 279. The topological polar surface area (TPSA) is 50.9 Å². The molecule has 1 aromatic rings. The number of aromatic nitrogens is 1. The Hall–Kier alpha value is -1.25. The van der Waals surface area contributed by atoms with Crippen molar-refractivity contribution in [2.75, 3.05) is 11.1 Å². The third-order valence-electron chi connectivity index (χ3n) is 2.36. The molecule has 1 atom stereocenters. The third kappa shape index (κ3) is 4.68. The minimum Gasteiger partial charge on any atom is -0.397 e. The van der Waals surface area contributed by atoms with E-state index in [9.17, 15) is 0 Å². The lowest BCUT2D eigenvalue weighted by atomic mass is 10.0. The number of nitrogens with zero attached hydrogens (tertiary/aromatic N) is 1. The fourth-order valence-corrected chi connectivity index (χ4v) is 1.40. The molecule has 84 valence electrons. The van der Waals surface area contributed by atoms with Crippen molar-refractivity contribution in [2.24, 2.45) is 5.92 Å². The average molecular weight is 207 g/mol. The highest BCUT2D eigenvalue weighted by Gasteiger charge is 2.03. The molecule has 0 saturated carbocycles. The van der Waals surface area contributed by atoms with E-state index in [1.54, 1.807) is 6.20 Å². The third-order valence-corrected chi connectivity index (χ3v) is 2.36. The smallest absolute Gasteiger partial charge is 0.126 e. The summed E-state index contributed by atoms with van der Waals surface area (Å²) in [6.45, 7) is 6.67. The summed E-state index contributed by atoms with van der Waals surface area (Å²) in [5.74, 6) is 1.66. The number of nitrogen functional groups attached to an aromatic ring is 1. The van der Waals surface area contributed by atoms with E-state index in [0.29, 0.717) is 11.7 Å². The van der Waals surface area contributed by atoms with Crippen LogP contribution in [-0.2, 0) is 0 Å². The van der Waals surface area contributed by atoms with E-state index in [2.05, 4.69) is 31.1 Å². The molecule has 1 heterocycles. The van der Waals surface area contributed by atoms with Gasteiger partial charge in [0.2, 0.25) is 0 Å². The molecular weight excluding hydrogens is 186 g/mol. The number of nitrogens with two attached hydrogens (primary N) is 1. The fraction of sp³-hybridized carbons (Fsp3) is 0.583. The Labute approximate surface area is 92.1 Å². The molecule has 1 rings (SSSR count). The van der Waals surface area contributed by atoms with Crippen molar-refractivity contribution in [1.82, 2.24) is 4.98 Å². The zero-order chi connectivity index (χ0) is 11.3. The molecule has 0 amide bonds. The molecular formula is C12H21N3. The second kappa shape index (κ2) is 5.59. The van der Waals surface area contributed by atoms with Crippen LogP contribution in [0.5, 0.6) is 0 Å².